The topological polar surface area (TPSA) is 202 Å². The molecule has 2 aliphatic heterocycles. The van der Waals surface area contributed by atoms with E-state index in [1.54, 1.807) is 40.7 Å². The zero-order valence-corrected chi connectivity index (χ0v) is 26.5. The molecular formula is C34H43NO10. The molecule has 0 unspecified atom stereocenters. The van der Waals surface area contributed by atoms with E-state index in [2.05, 4.69) is 5.32 Å². The van der Waals surface area contributed by atoms with Crippen LogP contribution in [-0.2, 0) is 4.79 Å². The van der Waals surface area contributed by atoms with Crippen molar-refractivity contribution in [2.24, 2.45) is 29.6 Å². The van der Waals surface area contributed by atoms with E-state index in [0.717, 1.165) is 12.2 Å². The van der Waals surface area contributed by atoms with Gasteiger partial charge in [0.2, 0.25) is 11.7 Å². The summed E-state index contributed by atoms with van der Waals surface area (Å²) in [6.45, 7) is 10.8. The Morgan fingerprint density at radius 3 is 1.69 bits per heavy atom. The van der Waals surface area contributed by atoms with Gasteiger partial charge in [-0.3, -0.25) is 19.2 Å². The van der Waals surface area contributed by atoms with Crippen molar-refractivity contribution >= 4 is 23.3 Å². The molecule has 45 heavy (non-hydrogen) atoms. The summed E-state index contributed by atoms with van der Waals surface area (Å²) in [4.78, 5) is 53.0. The first-order valence-corrected chi connectivity index (χ1v) is 14.9. The van der Waals surface area contributed by atoms with Gasteiger partial charge in [0.25, 0.3) is 0 Å². The maximum atomic E-state index is 13.7. The van der Waals surface area contributed by atoms with Crippen LogP contribution >= 0.6 is 0 Å². The molecular weight excluding hydrogens is 582 g/mol. The van der Waals surface area contributed by atoms with Gasteiger partial charge >= 0.3 is 0 Å². The molecule has 1 aromatic carbocycles. The summed E-state index contributed by atoms with van der Waals surface area (Å²) in [6.07, 6.45) is 3.16. The number of aliphatic hydroxyl groups excluding tert-OH is 4. The molecule has 0 fully saturated rings. The first-order chi connectivity index (χ1) is 20.9. The Balaban J connectivity index is 2.17. The molecule has 244 valence electrons. The van der Waals surface area contributed by atoms with Gasteiger partial charge < -0.3 is 36.0 Å². The van der Waals surface area contributed by atoms with Crippen LogP contribution in [-0.4, -0.2) is 78.3 Å². The Morgan fingerprint density at radius 1 is 0.644 bits per heavy atom. The maximum absolute atomic E-state index is 13.7. The Hall–Kier alpha value is -3.90. The van der Waals surface area contributed by atoms with E-state index < -0.39 is 111 Å². The number of hydrogen-bond acceptors (Lipinski definition) is 10. The van der Waals surface area contributed by atoms with Crippen LogP contribution in [0.15, 0.2) is 47.7 Å². The number of rotatable bonds is 0. The van der Waals surface area contributed by atoms with Gasteiger partial charge in [-0.05, 0) is 19.4 Å². The summed E-state index contributed by atoms with van der Waals surface area (Å²) in [5, 5.41) is 68.1. The average molecular weight is 626 g/mol. The molecule has 11 heteroatoms. The zero-order valence-electron chi connectivity index (χ0n) is 26.5. The highest BCUT2D eigenvalue weighted by Crippen LogP contribution is 2.41. The third kappa shape index (κ3) is 7.01. The lowest BCUT2D eigenvalue weighted by Gasteiger charge is -2.36. The highest BCUT2D eigenvalue weighted by molar-refractivity contribution is 6.31. The van der Waals surface area contributed by atoms with E-state index >= 15 is 0 Å². The van der Waals surface area contributed by atoms with Gasteiger partial charge in [0.05, 0.1) is 46.8 Å². The second-order valence-electron chi connectivity index (χ2n) is 12.4. The van der Waals surface area contributed by atoms with Crippen molar-refractivity contribution in [3.63, 3.8) is 0 Å². The van der Waals surface area contributed by atoms with Crippen molar-refractivity contribution in [3.05, 3.63) is 70.0 Å². The summed E-state index contributed by atoms with van der Waals surface area (Å²) >= 11 is 0. The minimum Gasteiger partial charge on any atom is -0.507 e. The molecule has 1 aromatic rings. The predicted octanol–water partition coefficient (Wildman–Crippen LogP) is 2.66. The molecule has 1 amide bonds. The van der Waals surface area contributed by atoms with Gasteiger partial charge in [-0.1, -0.05) is 58.9 Å². The lowest BCUT2D eigenvalue weighted by Crippen LogP contribution is -2.45. The predicted molar refractivity (Wildman–Crippen MR) is 166 cm³/mol. The fraction of sp³-hybridized carbons (Fsp3) is 0.471. The molecule has 9 atom stereocenters. The number of aromatic hydroxyl groups is 2. The number of carbonyl (C=O) groups is 4. The molecule has 0 saturated heterocycles. The van der Waals surface area contributed by atoms with E-state index in [1.807, 2.05) is 0 Å². The van der Waals surface area contributed by atoms with Crippen molar-refractivity contribution in [1.82, 2.24) is 5.32 Å². The Kier molecular flexibility index (Phi) is 11.1. The highest BCUT2D eigenvalue weighted by Gasteiger charge is 2.39. The standard InChI is InChI=1S/C34H43NO10/c1-14-10-8-9-11-23(37)35-21-13-22(36)24-25(32(43)20(7)33(44)26(24)34(21)45)29(40)16(3)12-15(2)28(39)18(5)31(42)19(6)30(41)17(4)27(14)38/h8-15,17-19,27-28,30-31,38-39,41-44H,1-7H3,(H,35,37)/b10-8+,11-9-,16-12+/t14-,15-,17+,18+,19+,27-,28-,30+,31+/m0/s1. The van der Waals surface area contributed by atoms with Crippen LogP contribution in [0.4, 0.5) is 0 Å². The van der Waals surface area contributed by atoms with E-state index in [0.29, 0.717) is 0 Å². The van der Waals surface area contributed by atoms with Crippen LogP contribution in [0.1, 0.15) is 78.2 Å². The van der Waals surface area contributed by atoms with Crippen LogP contribution in [0, 0.1) is 36.5 Å². The van der Waals surface area contributed by atoms with Crippen molar-refractivity contribution in [1.29, 1.82) is 0 Å². The summed E-state index contributed by atoms with van der Waals surface area (Å²) < 4.78 is 0. The van der Waals surface area contributed by atoms with Crippen molar-refractivity contribution < 1.29 is 49.8 Å². The van der Waals surface area contributed by atoms with Crippen molar-refractivity contribution in [3.8, 4) is 11.5 Å². The van der Waals surface area contributed by atoms with E-state index in [9.17, 15) is 49.8 Å². The Labute approximate surface area is 262 Å². The monoisotopic (exact) mass is 625 g/mol. The number of benzene rings is 1. The lowest BCUT2D eigenvalue weighted by atomic mass is 9.77. The number of phenolic OH excluding ortho intramolecular Hbond substituents is 2. The molecule has 0 saturated carbocycles. The van der Waals surface area contributed by atoms with Crippen LogP contribution in [0.5, 0.6) is 11.5 Å². The first kappa shape index (κ1) is 35.6. The smallest absolute Gasteiger partial charge is 0.248 e. The molecule has 0 spiro atoms. The molecule has 2 heterocycles. The first-order valence-electron chi connectivity index (χ1n) is 14.9. The van der Waals surface area contributed by atoms with Gasteiger partial charge in [-0.2, -0.15) is 0 Å². The number of hydrogen-bond donors (Lipinski definition) is 7. The number of amides is 1. The van der Waals surface area contributed by atoms with Gasteiger partial charge in [0, 0.05) is 47.3 Å². The number of ketones is 3. The SMILES string of the molecule is C/C1=C\[C@H](C)[C@H](O)[C@@H](C)[C@@H](O)[C@H](C)[C@H](O)[C@H](C)[C@@H](O)[C@@H](C)/C=C/C=C\C(=O)NC2=CC(=O)c3c(c(O)c(C)c(O)c3C1=O)C2=O. The average Bonchev–Trinajstić information content (AvgIpc) is 3.00. The second kappa shape index (κ2) is 14.0. The van der Waals surface area contributed by atoms with E-state index in [1.165, 1.54) is 32.1 Å². The summed E-state index contributed by atoms with van der Waals surface area (Å²) in [6, 6.07) is 0. The normalized spacial score (nSPS) is 34.9. The third-order valence-electron chi connectivity index (χ3n) is 9.12. The fourth-order valence-corrected chi connectivity index (χ4v) is 5.99. The molecule has 1 aliphatic carbocycles. The van der Waals surface area contributed by atoms with Crippen LogP contribution < -0.4 is 5.32 Å². The van der Waals surface area contributed by atoms with Crippen molar-refractivity contribution in [2.75, 3.05) is 0 Å². The number of carbonyl (C=O) groups excluding carboxylic acids is 4. The largest absolute Gasteiger partial charge is 0.507 e. The Bertz CT molecular complexity index is 1500. The number of Topliss-reactive ketones (excluding diaryl/α,β-unsaturated/α-hetero) is 2. The molecule has 0 aromatic heterocycles. The minimum absolute atomic E-state index is 0.00371. The van der Waals surface area contributed by atoms with E-state index in [4.69, 9.17) is 0 Å². The lowest BCUT2D eigenvalue weighted by molar-refractivity contribution is -0.115. The van der Waals surface area contributed by atoms with Gasteiger partial charge in [0.1, 0.15) is 11.5 Å². The number of phenols is 2. The maximum Gasteiger partial charge on any atom is 0.248 e. The van der Waals surface area contributed by atoms with E-state index in [-0.39, 0.29) is 11.1 Å². The minimum atomic E-state index is -1.20. The molecule has 4 rings (SSSR count). The van der Waals surface area contributed by atoms with Crippen LogP contribution in [0.3, 0.4) is 0 Å². The molecule has 11 nitrogen and oxygen atoms in total. The Morgan fingerprint density at radius 2 is 1.13 bits per heavy atom. The molecule has 4 bridgehead atoms. The third-order valence-corrected chi connectivity index (χ3v) is 9.12. The number of aliphatic hydroxyl groups is 4. The van der Waals surface area contributed by atoms with Gasteiger partial charge in [0.15, 0.2) is 11.6 Å². The highest BCUT2D eigenvalue weighted by atomic mass is 16.3. The number of fused-ring (bicyclic) bond motifs is 15. The fourth-order valence-electron chi connectivity index (χ4n) is 5.99. The summed E-state index contributed by atoms with van der Waals surface area (Å²) in [5.74, 6) is -8.32. The van der Waals surface area contributed by atoms with Gasteiger partial charge in [-0.15, -0.1) is 0 Å². The molecule has 7 N–H and O–H groups in total. The van der Waals surface area contributed by atoms with Crippen molar-refractivity contribution in [2.45, 2.75) is 72.9 Å². The summed E-state index contributed by atoms with van der Waals surface area (Å²) in [7, 11) is 0. The molecule has 3 aliphatic rings. The second-order valence-corrected chi connectivity index (χ2v) is 12.4. The summed E-state index contributed by atoms with van der Waals surface area (Å²) in [5.41, 5.74) is -2.23. The number of nitrogens with one attached hydrogen (secondary N) is 1. The van der Waals surface area contributed by atoms with Gasteiger partial charge in [-0.25, -0.2) is 0 Å². The van der Waals surface area contributed by atoms with Crippen LogP contribution in [0.2, 0.25) is 0 Å². The van der Waals surface area contributed by atoms with Crippen LogP contribution in [0.25, 0.3) is 0 Å². The quantitative estimate of drug-likeness (QED) is 0.225. The molecule has 0 radical (unpaired) electrons. The zero-order chi connectivity index (χ0) is 34.1. The number of allylic oxidation sites excluding steroid dienone is 5.